The number of ether oxygens (including phenoxy) is 2. The highest BCUT2D eigenvalue weighted by molar-refractivity contribution is 6.32. The number of halogens is 1. The Bertz CT molecular complexity index is 763. The van der Waals surface area contributed by atoms with Gasteiger partial charge in [0.05, 0.1) is 24.3 Å². The summed E-state index contributed by atoms with van der Waals surface area (Å²) >= 11 is 6.55. The first-order chi connectivity index (χ1) is 12.1. The van der Waals surface area contributed by atoms with Crippen LogP contribution in [0.3, 0.4) is 0 Å². The monoisotopic (exact) mass is 360 g/mol. The van der Waals surface area contributed by atoms with Gasteiger partial charge in [-0.3, -0.25) is 4.90 Å². The fraction of sp³-hybridized carbons (Fsp3) is 0.579. The van der Waals surface area contributed by atoms with Crippen molar-refractivity contribution in [1.29, 1.82) is 0 Å². The van der Waals surface area contributed by atoms with Gasteiger partial charge in [-0.05, 0) is 56.5 Å². The molecule has 2 aliphatic heterocycles. The minimum atomic E-state index is -0.0327. The number of likely N-dealkylation sites (tertiary alicyclic amines) is 1. The van der Waals surface area contributed by atoms with Gasteiger partial charge in [-0.2, -0.15) is 0 Å². The van der Waals surface area contributed by atoms with Crippen LogP contribution < -0.4 is 0 Å². The zero-order valence-corrected chi connectivity index (χ0v) is 15.4. The molecule has 0 spiro atoms. The molecule has 4 rings (SSSR count). The quantitative estimate of drug-likeness (QED) is 0.841. The molecule has 3 heterocycles. The molecule has 1 radical (unpaired) electrons. The van der Waals surface area contributed by atoms with Gasteiger partial charge in [0.25, 0.3) is 0 Å². The topological polar surface area (TPSA) is 47.5 Å². The maximum atomic E-state index is 6.55. The summed E-state index contributed by atoms with van der Waals surface area (Å²) in [5, 5.41) is 1.77. The standard InChI is InChI=1S/C19H23ClN3O2/c1-19(11-25-10-18(19)24-2)23-5-3-13(4-6-23)15-8-17-14(7-16(15)20)9-21-12-22-17/h7-9,13,18H,3-6,10-11H2,1-2H3. The van der Waals surface area contributed by atoms with Crippen LogP contribution in [0.5, 0.6) is 0 Å². The Labute approximate surface area is 153 Å². The average molecular weight is 361 g/mol. The predicted molar refractivity (Wildman–Crippen MR) is 97.0 cm³/mol. The Balaban J connectivity index is 1.51. The third kappa shape index (κ3) is 3.04. The van der Waals surface area contributed by atoms with E-state index in [1.54, 1.807) is 13.3 Å². The van der Waals surface area contributed by atoms with Crippen LogP contribution >= 0.6 is 11.6 Å². The second-order valence-electron chi connectivity index (χ2n) is 7.26. The lowest BCUT2D eigenvalue weighted by Crippen LogP contribution is -2.57. The molecule has 133 valence electrons. The molecular formula is C19H23ClN3O2. The second-order valence-corrected chi connectivity index (χ2v) is 7.67. The maximum absolute atomic E-state index is 6.55. The Morgan fingerprint density at radius 3 is 2.92 bits per heavy atom. The van der Waals surface area contributed by atoms with Crippen LogP contribution in [0.1, 0.15) is 31.2 Å². The van der Waals surface area contributed by atoms with E-state index < -0.39 is 0 Å². The Kier molecular flexibility index (Phi) is 4.67. The van der Waals surface area contributed by atoms with E-state index in [1.165, 1.54) is 5.56 Å². The van der Waals surface area contributed by atoms with E-state index in [1.807, 2.05) is 6.07 Å². The van der Waals surface area contributed by atoms with Gasteiger partial charge in [0.2, 0.25) is 0 Å². The molecule has 0 amide bonds. The number of hydrogen-bond donors (Lipinski definition) is 0. The number of methoxy groups -OCH3 is 1. The third-order valence-electron chi connectivity index (χ3n) is 5.88. The van der Waals surface area contributed by atoms with Crippen LogP contribution in [-0.2, 0) is 9.47 Å². The highest BCUT2D eigenvalue weighted by atomic mass is 35.5. The van der Waals surface area contributed by atoms with Gasteiger partial charge in [-0.15, -0.1) is 0 Å². The second kappa shape index (κ2) is 6.80. The molecule has 0 saturated carbocycles. The number of benzene rings is 1. The summed E-state index contributed by atoms with van der Waals surface area (Å²) in [6.07, 6.45) is 6.71. The minimum Gasteiger partial charge on any atom is -0.377 e. The van der Waals surface area contributed by atoms with E-state index in [-0.39, 0.29) is 11.6 Å². The summed E-state index contributed by atoms with van der Waals surface area (Å²) < 4.78 is 11.3. The number of aromatic nitrogens is 2. The van der Waals surface area contributed by atoms with Crippen LogP contribution in [0.4, 0.5) is 0 Å². The molecule has 25 heavy (non-hydrogen) atoms. The van der Waals surface area contributed by atoms with Crippen molar-refractivity contribution in [2.75, 3.05) is 33.4 Å². The van der Waals surface area contributed by atoms with Crippen molar-refractivity contribution in [3.8, 4) is 0 Å². The molecular weight excluding hydrogens is 338 g/mol. The largest absolute Gasteiger partial charge is 0.377 e. The molecule has 6 heteroatoms. The van der Waals surface area contributed by atoms with E-state index in [0.717, 1.165) is 48.5 Å². The summed E-state index contributed by atoms with van der Waals surface area (Å²) in [5.41, 5.74) is 2.07. The van der Waals surface area contributed by atoms with Gasteiger partial charge in [0.15, 0.2) is 6.33 Å². The highest BCUT2D eigenvalue weighted by Crippen LogP contribution is 2.38. The lowest BCUT2D eigenvalue weighted by atomic mass is 9.85. The molecule has 2 aromatic rings. The highest BCUT2D eigenvalue weighted by Gasteiger charge is 2.46. The molecule has 1 aromatic carbocycles. The number of fused-ring (bicyclic) bond motifs is 1. The van der Waals surface area contributed by atoms with Gasteiger partial charge >= 0.3 is 0 Å². The van der Waals surface area contributed by atoms with Gasteiger partial charge in [-0.25, -0.2) is 9.97 Å². The van der Waals surface area contributed by atoms with Crippen molar-refractivity contribution in [2.45, 2.75) is 37.3 Å². The van der Waals surface area contributed by atoms with Crippen molar-refractivity contribution >= 4 is 22.5 Å². The smallest absolute Gasteiger partial charge is 0.198 e. The van der Waals surface area contributed by atoms with Crippen LogP contribution in [-0.4, -0.2) is 59.9 Å². The Morgan fingerprint density at radius 1 is 1.36 bits per heavy atom. The van der Waals surface area contributed by atoms with Crippen LogP contribution in [0, 0.1) is 6.33 Å². The van der Waals surface area contributed by atoms with Crippen molar-refractivity contribution in [2.24, 2.45) is 0 Å². The van der Waals surface area contributed by atoms with Gasteiger partial charge in [-0.1, -0.05) is 11.6 Å². The number of nitrogens with zero attached hydrogens (tertiary/aromatic N) is 3. The Hall–Kier alpha value is -1.27. The van der Waals surface area contributed by atoms with E-state index in [4.69, 9.17) is 21.1 Å². The first kappa shape index (κ1) is 17.2. The first-order valence-corrected chi connectivity index (χ1v) is 9.17. The van der Waals surface area contributed by atoms with Gasteiger partial charge < -0.3 is 9.47 Å². The summed E-state index contributed by atoms with van der Waals surface area (Å²) in [5.74, 6) is 0.454. The van der Waals surface area contributed by atoms with Crippen molar-refractivity contribution < 1.29 is 9.47 Å². The molecule has 5 nitrogen and oxygen atoms in total. The molecule has 2 fully saturated rings. The molecule has 1 aromatic heterocycles. The van der Waals surface area contributed by atoms with E-state index in [2.05, 4.69) is 34.2 Å². The molecule has 2 aliphatic rings. The minimum absolute atomic E-state index is 0.0327. The lowest BCUT2D eigenvalue weighted by Gasteiger charge is -2.44. The maximum Gasteiger partial charge on any atom is 0.198 e. The summed E-state index contributed by atoms with van der Waals surface area (Å²) in [6, 6.07) is 4.08. The molecule has 2 saturated heterocycles. The summed E-state index contributed by atoms with van der Waals surface area (Å²) in [4.78, 5) is 10.7. The van der Waals surface area contributed by atoms with Gasteiger partial charge in [0.1, 0.15) is 6.10 Å². The summed E-state index contributed by atoms with van der Waals surface area (Å²) in [7, 11) is 1.78. The molecule has 0 N–H and O–H groups in total. The zero-order chi connectivity index (χ0) is 17.4. The number of rotatable bonds is 3. The lowest BCUT2D eigenvalue weighted by molar-refractivity contribution is -0.0242. The van der Waals surface area contributed by atoms with Crippen LogP contribution in [0.2, 0.25) is 5.02 Å². The Morgan fingerprint density at radius 2 is 2.16 bits per heavy atom. The zero-order valence-electron chi connectivity index (χ0n) is 14.7. The third-order valence-corrected chi connectivity index (χ3v) is 6.20. The van der Waals surface area contributed by atoms with Crippen LogP contribution in [0.15, 0.2) is 18.3 Å². The first-order valence-electron chi connectivity index (χ1n) is 8.79. The predicted octanol–water partition coefficient (Wildman–Crippen LogP) is 3.07. The molecule has 0 aliphatic carbocycles. The van der Waals surface area contributed by atoms with E-state index in [9.17, 15) is 0 Å². The van der Waals surface area contributed by atoms with E-state index >= 15 is 0 Å². The van der Waals surface area contributed by atoms with E-state index in [0.29, 0.717) is 12.5 Å². The van der Waals surface area contributed by atoms with Crippen molar-refractivity contribution in [1.82, 2.24) is 14.9 Å². The van der Waals surface area contributed by atoms with Gasteiger partial charge in [0, 0.05) is 23.7 Å². The van der Waals surface area contributed by atoms with Crippen LogP contribution in [0.25, 0.3) is 10.9 Å². The average Bonchev–Trinajstić information content (AvgIpc) is 3.03. The number of hydrogen-bond acceptors (Lipinski definition) is 5. The fourth-order valence-corrected chi connectivity index (χ4v) is 4.58. The molecule has 0 bridgehead atoms. The fourth-order valence-electron chi connectivity index (χ4n) is 4.25. The normalized spacial score (nSPS) is 28.7. The van der Waals surface area contributed by atoms with Crippen molar-refractivity contribution in [3.05, 3.63) is 35.2 Å². The van der Waals surface area contributed by atoms with Crippen molar-refractivity contribution in [3.63, 3.8) is 0 Å². The SMILES string of the molecule is COC1COCC1(C)N1CCC(c2cc3n[c]ncc3cc2Cl)CC1. The summed E-state index contributed by atoms with van der Waals surface area (Å²) in [6.45, 7) is 5.72. The number of piperidine rings is 1. The molecule has 2 unspecified atom stereocenters. The molecule has 2 atom stereocenters.